The fourth-order valence-corrected chi connectivity index (χ4v) is 3.86. The van der Waals surface area contributed by atoms with E-state index in [0.717, 1.165) is 5.69 Å². The van der Waals surface area contributed by atoms with Gasteiger partial charge in [0.15, 0.2) is 6.20 Å². The van der Waals surface area contributed by atoms with Crippen LogP contribution in [-0.2, 0) is 9.47 Å². The highest BCUT2D eigenvalue weighted by Crippen LogP contribution is 2.43. The van der Waals surface area contributed by atoms with Crippen molar-refractivity contribution in [2.45, 2.75) is 12.3 Å². The zero-order valence-corrected chi connectivity index (χ0v) is 13.3. The van der Waals surface area contributed by atoms with Gasteiger partial charge in [-0.15, -0.1) is 0 Å². The molecule has 24 heavy (non-hydrogen) atoms. The molecule has 0 radical (unpaired) electrons. The zero-order chi connectivity index (χ0) is 15.9. The van der Waals surface area contributed by atoms with E-state index in [4.69, 9.17) is 9.47 Å². The van der Waals surface area contributed by atoms with Gasteiger partial charge in [-0.2, -0.15) is 4.57 Å². The Labute approximate surface area is 141 Å². The Morgan fingerprint density at radius 3 is 1.96 bits per heavy atom. The fourth-order valence-electron chi connectivity index (χ4n) is 3.86. The lowest BCUT2D eigenvalue weighted by Crippen LogP contribution is -2.44. The van der Waals surface area contributed by atoms with Gasteiger partial charge >= 0.3 is 0 Å². The minimum Gasteiger partial charge on any atom is -0.341 e. The normalized spacial score (nSPS) is 17.0. The molecule has 0 atom stereocenters. The summed E-state index contributed by atoms with van der Waals surface area (Å²) in [5.41, 5.74) is 6.34. The Bertz CT molecular complexity index is 854. The van der Waals surface area contributed by atoms with Gasteiger partial charge < -0.3 is 9.47 Å². The van der Waals surface area contributed by atoms with Crippen LogP contribution in [0.15, 0.2) is 72.9 Å². The van der Waals surface area contributed by atoms with E-state index in [1.54, 1.807) is 0 Å². The zero-order valence-electron chi connectivity index (χ0n) is 13.3. The van der Waals surface area contributed by atoms with Gasteiger partial charge in [0.1, 0.15) is 0 Å². The molecule has 3 nitrogen and oxygen atoms in total. The topological polar surface area (TPSA) is 22.3 Å². The fraction of sp³-hybridized carbons (Fsp3) is 0.190. The smallest absolute Gasteiger partial charge is 0.245 e. The quantitative estimate of drug-likeness (QED) is 0.527. The average molecular weight is 316 g/mol. The summed E-state index contributed by atoms with van der Waals surface area (Å²) < 4.78 is 13.8. The third kappa shape index (κ3) is 2.02. The molecule has 3 heteroatoms. The van der Waals surface area contributed by atoms with Gasteiger partial charge in [0.2, 0.25) is 18.0 Å². The Kier molecular flexibility index (Phi) is 3.21. The summed E-state index contributed by atoms with van der Waals surface area (Å²) in [5, 5.41) is 0. The molecule has 0 N–H and O–H groups in total. The molecule has 0 saturated carbocycles. The van der Waals surface area contributed by atoms with Crippen molar-refractivity contribution >= 4 is 0 Å². The highest BCUT2D eigenvalue weighted by Gasteiger charge is 2.39. The molecule has 1 aliphatic heterocycles. The second-order valence-electron chi connectivity index (χ2n) is 6.18. The van der Waals surface area contributed by atoms with Gasteiger partial charge in [-0.1, -0.05) is 48.5 Å². The molecule has 2 aromatic carbocycles. The van der Waals surface area contributed by atoms with Crippen LogP contribution in [0.25, 0.3) is 11.1 Å². The van der Waals surface area contributed by atoms with Crippen molar-refractivity contribution in [3.63, 3.8) is 0 Å². The lowest BCUT2D eigenvalue weighted by Gasteiger charge is -2.15. The van der Waals surface area contributed by atoms with Crippen molar-refractivity contribution in [3.8, 4) is 11.1 Å². The van der Waals surface area contributed by atoms with Crippen LogP contribution >= 0.6 is 0 Å². The first-order chi connectivity index (χ1) is 11.9. The third-order valence-electron chi connectivity index (χ3n) is 4.87. The summed E-state index contributed by atoms with van der Waals surface area (Å²) in [5.74, 6) is 0. The minimum absolute atomic E-state index is 0.154. The van der Waals surface area contributed by atoms with Crippen molar-refractivity contribution in [2.75, 3.05) is 13.2 Å². The maximum atomic E-state index is 5.77. The number of ether oxygens (including phenoxy) is 2. The van der Waals surface area contributed by atoms with Gasteiger partial charge in [-0.25, -0.2) is 0 Å². The predicted octanol–water partition coefficient (Wildman–Crippen LogP) is 3.64. The summed E-state index contributed by atoms with van der Waals surface area (Å²) in [6, 6.07) is 23.7. The molecular weight excluding hydrogens is 298 g/mol. The van der Waals surface area contributed by atoms with Crippen LogP contribution in [0.5, 0.6) is 0 Å². The lowest BCUT2D eigenvalue weighted by atomic mass is 10.0. The molecule has 0 bridgehead atoms. The third-order valence-corrected chi connectivity index (χ3v) is 4.87. The molecule has 2 heterocycles. The Balaban J connectivity index is 1.73. The van der Waals surface area contributed by atoms with Crippen LogP contribution in [0.4, 0.5) is 0 Å². The molecule has 0 spiro atoms. The number of fused-ring (bicyclic) bond motifs is 3. The van der Waals surface area contributed by atoms with Crippen LogP contribution in [-0.4, -0.2) is 13.2 Å². The van der Waals surface area contributed by atoms with Gasteiger partial charge in [0.05, 0.1) is 13.2 Å². The van der Waals surface area contributed by atoms with Crippen molar-refractivity contribution in [2.24, 2.45) is 0 Å². The van der Waals surface area contributed by atoms with Crippen molar-refractivity contribution < 1.29 is 14.0 Å². The molecule has 118 valence electrons. The minimum atomic E-state index is -0.286. The van der Waals surface area contributed by atoms with Crippen LogP contribution in [0.3, 0.4) is 0 Å². The van der Waals surface area contributed by atoms with E-state index in [9.17, 15) is 0 Å². The standard InChI is InChI=1S/C21H18NO2/c1-3-9-17-15(7-1)16-8-2-4-10-18(16)20(17)22-12-6-5-11-19(22)21-23-13-14-24-21/h1-12,20-21H,13-14H2/q+1. The van der Waals surface area contributed by atoms with E-state index in [1.807, 2.05) is 6.07 Å². The highest BCUT2D eigenvalue weighted by atomic mass is 16.7. The molecule has 2 aliphatic rings. The lowest BCUT2D eigenvalue weighted by molar-refractivity contribution is -0.717. The van der Waals surface area contributed by atoms with E-state index in [2.05, 4.69) is 71.4 Å². The molecule has 3 aromatic rings. The number of hydrogen-bond acceptors (Lipinski definition) is 2. The summed E-state index contributed by atoms with van der Waals surface area (Å²) in [7, 11) is 0. The first-order valence-corrected chi connectivity index (χ1v) is 8.35. The van der Waals surface area contributed by atoms with Crippen molar-refractivity contribution in [1.82, 2.24) is 0 Å². The Morgan fingerprint density at radius 2 is 1.29 bits per heavy atom. The van der Waals surface area contributed by atoms with E-state index in [0.29, 0.717) is 13.2 Å². The van der Waals surface area contributed by atoms with E-state index in [1.165, 1.54) is 22.3 Å². The van der Waals surface area contributed by atoms with E-state index in [-0.39, 0.29) is 12.3 Å². The number of rotatable bonds is 2. The van der Waals surface area contributed by atoms with Gasteiger partial charge in [0.25, 0.3) is 0 Å². The maximum absolute atomic E-state index is 5.77. The van der Waals surface area contributed by atoms with Gasteiger partial charge in [-0.05, 0) is 17.2 Å². The van der Waals surface area contributed by atoms with E-state index < -0.39 is 0 Å². The average Bonchev–Trinajstić information content (AvgIpc) is 3.28. The number of hydrogen-bond donors (Lipinski definition) is 0. The molecule has 0 unspecified atom stereocenters. The summed E-state index contributed by atoms with van der Waals surface area (Å²) >= 11 is 0. The maximum Gasteiger partial charge on any atom is 0.245 e. The van der Waals surface area contributed by atoms with Crippen molar-refractivity contribution in [1.29, 1.82) is 0 Å². The first-order valence-electron chi connectivity index (χ1n) is 8.35. The first kappa shape index (κ1) is 13.9. The van der Waals surface area contributed by atoms with E-state index >= 15 is 0 Å². The second-order valence-corrected chi connectivity index (χ2v) is 6.18. The summed E-state index contributed by atoms with van der Waals surface area (Å²) in [6.45, 7) is 1.30. The number of aromatic nitrogens is 1. The molecule has 1 aliphatic carbocycles. The van der Waals surface area contributed by atoms with Crippen molar-refractivity contribution in [3.05, 3.63) is 89.7 Å². The molecule has 1 aromatic heterocycles. The monoisotopic (exact) mass is 316 g/mol. The van der Waals surface area contributed by atoms with Crippen LogP contribution in [0.2, 0.25) is 0 Å². The highest BCUT2D eigenvalue weighted by molar-refractivity contribution is 5.77. The molecule has 0 amide bonds. The van der Waals surface area contributed by atoms with Crippen LogP contribution < -0.4 is 4.57 Å². The SMILES string of the molecule is c1ccc2c(c1)-c1ccccc1C2[n+]1ccccc1C1OCCO1. The van der Waals surface area contributed by atoms with Gasteiger partial charge in [-0.3, -0.25) is 0 Å². The van der Waals surface area contributed by atoms with Crippen LogP contribution in [0.1, 0.15) is 29.2 Å². The molecule has 1 fully saturated rings. The number of benzene rings is 2. The largest absolute Gasteiger partial charge is 0.341 e. The Morgan fingerprint density at radius 1 is 0.708 bits per heavy atom. The second kappa shape index (κ2) is 5.55. The summed E-state index contributed by atoms with van der Waals surface area (Å²) in [6.07, 6.45) is 1.84. The predicted molar refractivity (Wildman–Crippen MR) is 90.4 cm³/mol. The van der Waals surface area contributed by atoms with Gasteiger partial charge in [0, 0.05) is 23.3 Å². The molecule has 1 saturated heterocycles. The number of pyridine rings is 1. The molecular formula is C21H18NO2+. The number of nitrogens with zero attached hydrogens (tertiary/aromatic N) is 1. The molecule has 5 rings (SSSR count). The Hall–Kier alpha value is -2.49. The van der Waals surface area contributed by atoms with Crippen LogP contribution in [0, 0.1) is 0 Å². The summed E-state index contributed by atoms with van der Waals surface area (Å²) in [4.78, 5) is 0.